The number of nitrogens with one attached hydrogen (secondary N) is 8. The normalized spacial score (nSPS) is 10.8. The Kier molecular flexibility index (Phi) is 12.6. The van der Waals surface area contributed by atoms with Gasteiger partial charge in [0.05, 0.1) is 35.7 Å². The minimum absolute atomic E-state index is 0.0375. The molecule has 50 heavy (non-hydrogen) atoms. The van der Waals surface area contributed by atoms with Gasteiger partial charge in [0.2, 0.25) is 0 Å². The van der Waals surface area contributed by atoms with Gasteiger partial charge in [-0.2, -0.15) is 0 Å². The van der Waals surface area contributed by atoms with Crippen molar-refractivity contribution in [3.05, 3.63) is 76.1 Å². The molecule has 0 aliphatic rings. The van der Waals surface area contributed by atoms with Crippen molar-refractivity contribution in [2.24, 2.45) is 5.73 Å². The summed E-state index contributed by atoms with van der Waals surface area (Å²) in [5.74, 6) is -0.511. The first-order chi connectivity index (χ1) is 23.9. The highest BCUT2D eigenvalue weighted by atomic mass is 35.5. The first-order valence-electron chi connectivity index (χ1n) is 15.5. The van der Waals surface area contributed by atoms with Gasteiger partial charge in [-0.1, -0.05) is 0 Å². The summed E-state index contributed by atoms with van der Waals surface area (Å²) in [6.45, 7) is 6.37. The van der Waals surface area contributed by atoms with Gasteiger partial charge in [0.1, 0.15) is 22.8 Å². The maximum absolute atomic E-state index is 13.3. The van der Waals surface area contributed by atoms with Crippen molar-refractivity contribution in [2.75, 3.05) is 59.4 Å². The number of aromatic nitrogens is 3. The Morgan fingerprint density at radius 3 is 1.68 bits per heavy atom. The Hall–Kier alpha value is -5.41. The molecule has 3 heterocycles. The van der Waals surface area contributed by atoms with E-state index in [2.05, 4.69) is 36.2 Å². The number of amidine groups is 1. The highest BCUT2D eigenvalue weighted by molar-refractivity contribution is 6.18. The summed E-state index contributed by atoms with van der Waals surface area (Å²) >= 11 is 11.9. The molecule has 3 aromatic heterocycles. The van der Waals surface area contributed by atoms with Crippen LogP contribution in [-0.2, 0) is 0 Å². The summed E-state index contributed by atoms with van der Waals surface area (Å²) in [5, 5.41) is 18.3. The molecule has 4 rings (SSSR count). The Balaban J connectivity index is 1.41. The number of rotatable bonds is 16. The van der Waals surface area contributed by atoms with Crippen molar-refractivity contribution < 1.29 is 23.9 Å². The van der Waals surface area contributed by atoms with Crippen LogP contribution in [0.3, 0.4) is 0 Å². The Morgan fingerprint density at radius 1 is 0.780 bits per heavy atom. The van der Waals surface area contributed by atoms with Crippen LogP contribution in [0.5, 0.6) is 5.75 Å². The molecule has 0 bridgehead atoms. The van der Waals surface area contributed by atoms with Gasteiger partial charge in [0.15, 0.2) is 0 Å². The average molecular weight is 728 g/mol. The lowest BCUT2D eigenvalue weighted by Crippen LogP contribution is -2.28. The van der Waals surface area contributed by atoms with Crippen molar-refractivity contribution in [1.29, 1.82) is 5.41 Å². The molecular formula is C33H40Cl2N10O5. The van der Waals surface area contributed by atoms with Gasteiger partial charge < -0.3 is 51.6 Å². The second kappa shape index (κ2) is 16.8. The molecule has 0 aliphatic carbocycles. The van der Waals surface area contributed by atoms with Gasteiger partial charge in [-0.3, -0.25) is 24.6 Å². The third-order valence-electron chi connectivity index (χ3n) is 8.02. The molecule has 4 aromatic rings. The zero-order valence-corrected chi connectivity index (χ0v) is 29.5. The van der Waals surface area contributed by atoms with Gasteiger partial charge >= 0.3 is 0 Å². The van der Waals surface area contributed by atoms with E-state index in [0.29, 0.717) is 69.9 Å². The van der Waals surface area contributed by atoms with E-state index >= 15 is 0 Å². The van der Waals surface area contributed by atoms with E-state index in [4.69, 9.17) is 39.1 Å². The molecule has 0 unspecified atom stereocenters. The van der Waals surface area contributed by atoms with Crippen molar-refractivity contribution in [3.63, 3.8) is 0 Å². The van der Waals surface area contributed by atoms with Crippen molar-refractivity contribution in [1.82, 2.24) is 20.3 Å². The molecule has 1 aromatic carbocycles. The molecule has 0 aliphatic heterocycles. The number of ether oxygens (including phenoxy) is 1. The van der Waals surface area contributed by atoms with Crippen LogP contribution in [0, 0.1) is 26.2 Å². The molecule has 17 heteroatoms. The highest BCUT2D eigenvalue weighted by Crippen LogP contribution is 2.31. The molecule has 0 atom stereocenters. The molecule has 0 spiro atoms. The predicted octanol–water partition coefficient (Wildman–Crippen LogP) is 4.70. The fraction of sp³-hybridized carbons (Fsp3) is 0.303. The summed E-state index contributed by atoms with van der Waals surface area (Å²) in [6.07, 6.45) is 4.75. The smallest absolute Gasteiger partial charge is 0.272 e. The van der Waals surface area contributed by atoms with E-state index in [1.165, 1.54) is 25.7 Å². The Bertz CT molecular complexity index is 1890. The van der Waals surface area contributed by atoms with Crippen LogP contribution in [-0.4, -0.2) is 82.9 Å². The van der Waals surface area contributed by atoms with Gasteiger partial charge in [-0.15, -0.1) is 23.2 Å². The van der Waals surface area contributed by atoms with Crippen LogP contribution in [0.1, 0.15) is 64.9 Å². The van der Waals surface area contributed by atoms with Gasteiger partial charge in [0, 0.05) is 78.7 Å². The van der Waals surface area contributed by atoms with E-state index in [-0.39, 0.29) is 35.9 Å². The number of hydrogen-bond donors (Lipinski definition) is 9. The molecule has 0 radical (unpaired) electrons. The largest absolute Gasteiger partial charge is 0.495 e. The number of anilines is 4. The Labute approximate surface area is 298 Å². The van der Waals surface area contributed by atoms with E-state index < -0.39 is 23.6 Å². The number of H-pyrrole nitrogens is 3. The maximum atomic E-state index is 13.3. The standard InChI is InChI=1S/C33H40Cl2N10O5/c1-17-22(15-39-27(17)31(47)38-10-7-26(36)37)43-33(49)29-19(3)23(16-41-29)44-32(48)28-18(2)21(14-40-28)42-30(46)20-5-6-24(25(13-20)50-4)45(11-8-34)12-9-35/h5-6,13-16,39-41H,7-12H2,1-4H3,(H3,36,37)(H,38,47)(H,42,46)(H,43,49)(H,44,48). The van der Waals surface area contributed by atoms with E-state index in [0.717, 1.165) is 5.69 Å². The lowest BCUT2D eigenvalue weighted by molar-refractivity contribution is 0.0947. The summed E-state index contributed by atoms with van der Waals surface area (Å²) in [7, 11) is 1.52. The van der Waals surface area contributed by atoms with E-state index in [9.17, 15) is 19.2 Å². The fourth-order valence-electron chi connectivity index (χ4n) is 5.18. The quantitative estimate of drug-likeness (QED) is 0.0449. The Morgan fingerprint density at radius 2 is 1.24 bits per heavy atom. The van der Waals surface area contributed by atoms with Gasteiger partial charge in [-0.05, 0) is 39.0 Å². The zero-order chi connectivity index (χ0) is 36.5. The van der Waals surface area contributed by atoms with Crippen LogP contribution < -0.4 is 36.6 Å². The predicted molar refractivity (Wildman–Crippen MR) is 196 cm³/mol. The highest BCUT2D eigenvalue weighted by Gasteiger charge is 2.22. The fourth-order valence-corrected chi connectivity index (χ4v) is 5.59. The number of methoxy groups -OCH3 is 1. The monoisotopic (exact) mass is 726 g/mol. The molecule has 10 N–H and O–H groups in total. The van der Waals surface area contributed by atoms with Crippen LogP contribution in [0.15, 0.2) is 36.8 Å². The molecule has 0 fully saturated rings. The molecule has 0 saturated heterocycles. The number of nitrogens with two attached hydrogens (primary N) is 1. The number of benzene rings is 1. The van der Waals surface area contributed by atoms with Crippen LogP contribution in [0.4, 0.5) is 22.7 Å². The number of nitrogens with zero attached hydrogens (tertiary/aromatic N) is 1. The minimum Gasteiger partial charge on any atom is -0.495 e. The zero-order valence-electron chi connectivity index (χ0n) is 28.0. The van der Waals surface area contributed by atoms with Gasteiger partial charge in [0.25, 0.3) is 23.6 Å². The molecule has 0 saturated carbocycles. The second-order valence-electron chi connectivity index (χ2n) is 11.3. The number of hydrogen-bond acceptors (Lipinski definition) is 7. The number of aromatic amines is 3. The maximum Gasteiger partial charge on any atom is 0.272 e. The average Bonchev–Trinajstić information content (AvgIpc) is 3.76. The third kappa shape index (κ3) is 8.59. The first kappa shape index (κ1) is 37.4. The van der Waals surface area contributed by atoms with Crippen molar-refractivity contribution >= 4 is 75.4 Å². The van der Waals surface area contributed by atoms with Crippen LogP contribution >= 0.6 is 23.2 Å². The summed E-state index contributed by atoms with van der Waals surface area (Å²) < 4.78 is 5.54. The number of carbonyl (C=O) groups is 4. The van der Waals surface area contributed by atoms with Crippen molar-refractivity contribution in [2.45, 2.75) is 27.2 Å². The molecule has 15 nitrogen and oxygen atoms in total. The van der Waals surface area contributed by atoms with Crippen LogP contribution in [0.2, 0.25) is 0 Å². The molecular weight excluding hydrogens is 687 g/mol. The summed E-state index contributed by atoms with van der Waals surface area (Å²) in [5.41, 5.74) is 9.83. The minimum atomic E-state index is -0.483. The second-order valence-corrected chi connectivity index (χ2v) is 12.0. The lowest BCUT2D eigenvalue weighted by Gasteiger charge is -2.25. The van der Waals surface area contributed by atoms with Gasteiger partial charge in [-0.25, -0.2) is 0 Å². The number of amides is 4. The molecule has 4 amide bonds. The number of alkyl halides is 2. The van der Waals surface area contributed by atoms with E-state index in [1.807, 2.05) is 4.90 Å². The number of halogens is 2. The van der Waals surface area contributed by atoms with Crippen LogP contribution in [0.25, 0.3) is 0 Å². The third-order valence-corrected chi connectivity index (χ3v) is 8.35. The topological polar surface area (TPSA) is 226 Å². The molecule has 266 valence electrons. The summed E-state index contributed by atoms with van der Waals surface area (Å²) in [4.78, 5) is 62.7. The van der Waals surface area contributed by atoms with Crippen molar-refractivity contribution in [3.8, 4) is 5.75 Å². The SMILES string of the molecule is COc1cc(C(=O)Nc2c[nH]c(C(=O)Nc3c[nH]c(C(=O)Nc4c[nH]c(C(=O)NCCC(=N)N)c4C)c3C)c2C)ccc1N(CCCl)CCCl. The number of carbonyl (C=O) groups excluding carboxylic acids is 4. The summed E-state index contributed by atoms with van der Waals surface area (Å²) in [6, 6.07) is 5.08. The lowest BCUT2D eigenvalue weighted by atomic mass is 10.1. The first-order valence-corrected chi connectivity index (χ1v) is 16.6. The van der Waals surface area contributed by atoms with E-state index in [1.54, 1.807) is 39.0 Å².